The van der Waals surface area contributed by atoms with Crippen LogP contribution in [0.5, 0.6) is 0 Å². The van der Waals surface area contributed by atoms with Crippen LogP contribution >= 0.6 is 0 Å². The Bertz CT molecular complexity index is 1610. The molecule has 0 aliphatic carbocycles. The van der Waals surface area contributed by atoms with Crippen LogP contribution in [-0.4, -0.2) is 9.97 Å². The lowest BCUT2D eigenvalue weighted by atomic mass is 10.0. The van der Waals surface area contributed by atoms with E-state index in [2.05, 4.69) is 173 Å². The van der Waals surface area contributed by atoms with Crippen molar-refractivity contribution >= 4 is 48.6 Å². The molecule has 0 amide bonds. The highest BCUT2D eigenvalue weighted by Gasteiger charge is 2.10. The summed E-state index contributed by atoms with van der Waals surface area (Å²) in [5.41, 5.74) is 13.4. The van der Waals surface area contributed by atoms with Gasteiger partial charge in [0.25, 0.3) is 0 Å². The van der Waals surface area contributed by atoms with Crippen molar-refractivity contribution in [3.63, 3.8) is 0 Å². The molecule has 46 heavy (non-hydrogen) atoms. The maximum Gasteiger partial charge on any atom is 0.0894 e. The molecule has 5 aromatic rings. The van der Waals surface area contributed by atoms with Crippen molar-refractivity contribution < 1.29 is 0 Å². The van der Waals surface area contributed by atoms with Gasteiger partial charge in [0.2, 0.25) is 0 Å². The van der Waals surface area contributed by atoms with Gasteiger partial charge in [0.15, 0.2) is 0 Å². The summed E-state index contributed by atoms with van der Waals surface area (Å²) >= 11 is 0. The Balaban J connectivity index is 1.68. The van der Waals surface area contributed by atoms with Crippen LogP contribution in [0.3, 0.4) is 0 Å². The van der Waals surface area contributed by atoms with Gasteiger partial charge in [-0.15, -0.1) is 0 Å². The summed E-state index contributed by atoms with van der Waals surface area (Å²) in [6.45, 7) is 8.78. The summed E-state index contributed by atoms with van der Waals surface area (Å²) in [6.07, 6.45) is 21.0. The predicted octanol–water partition coefficient (Wildman–Crippen LogP) is 11.4. The molecule has 4 aromatic carbocycles. The molecule has 0 saturated carbocycles. The van der Waals surface area contributed by atoms with Crippen LogP contribution < -0.4 is 0 Å². The standard InChI is InChI=1S/C44H44N2/c1-5-33-17-9-13-21-37(33)25-29-41-42(30-26-38-22-14-10-18-34(38)6-2)46-44(32-28-40-24-16-12-20-36(40)8-4)43(45-41)31-27-39-23-15-11-19-35(39)7-3/h9-32H,5-8H2,1-4H3/b29-25+,30-26+,31-27+,32-28+. The van der Waals surface area contributed by atoms with Crippen LogP contribution in [0.25, 0.3) is 48.6 Å². The SMILES string of the molecule is CCc1ccccc1/C=C/c1nc(/C=C/c2ccccc2CC)c(/C=C/c2ccccc2CC)nc1/C=C/c1ccccc1CC. The van der Waals surface area contributed by atoms with E-state index in [1.165, 1.54) is 44.5 Å². The molecular weight excluding hydrogens is 556 g/mol. The van der Waals surface area contributed by atoms with Gasteiger partial charge in [-0.25, -0.2) is 9.97 Å². The first kappa shape index (κ1) is 32.3. The first-order valence-electron chi connectivity index (χ1n) is 16.6. The fourth-order valence-corrected chi connectivity index (χ4v) is 5.73. The van der Waals surface area contributed by atoms with Crippen LogP contribution in [0.1, 0.15) is 95.0 Å². The normalized spacial score (nSPS) is 11.9. The third kappa shape index (κ3) is 8.14. The Morgan fingerprint density at radius 3 is 0.761 bits per heavy atom. The summed E-state index contributed by atoms with van der Waals surface area (Å²) in [7, 11) is 0. The molecule has 0 radical (unpaired) electrons. The van der Waals surface area contributed by atoms with Crippen LogP contribution in [0.2, 0.25) is 0 Å². The Kier molecular flexibility index (Phi) is 11.4. The van der Waals surface area contributed by atoms with Crippen molar-refractivity contribution in [3.05, 3.63) is 164 Å². The lowest BCUT2D eigenvalue weighted by molar-refractivity contribution is 1.12. The van der Waals surface area contributed by atoms with Crippen molar-refractivity contribution in [2.75, 3.05) is 0 Å². The molecule has 2 heteroatoms. The van der Waals surface area contributed by atoms with Gasteiger partial charge in [-0.1, -0.05) is 149 Å². The zero-order chi connectivity index (χ0) is 32.1. The fourth-order valence-electron chi connectivity index (χ4n) is 5.73. The number of hydrogen-bond donors (Lipinski definition) is 0. The monoisotopic (exact) mass is 600 g/mol. The lowest BCUT2D eigenvalue weighted by Crippen LogP contribution is -2.00. The number of aromatic nitrogens is 2. The van der Waals surface area contributed by atoms with Gasteiger partial charge in [0.05, 0.1) is 22.8 Å². The van der Waals surface area contributed by atoms with Gasteiger partial charge in [-0.05, 0) is 94.5 Å². The second kappa shape index (κ2) is 16.3. The minimum atomic E-state index is 0.839. The van der Waals surface area contributed by atoms with E-state index < -0.39 is 0 Å². The lowest BCUT2D eigenvalue weighted by Gasteiger charge is -2.09. The predicted molar refractivity (Wildman–Crippen MR) is 201 cm³/mol. The summed E-state index contributed by atoms with van der Waals surface area (Å²) < 4.78 is 0. The maximum atomic E-state index is 5.28. The molecule has 0 fully saturated rings. The van der Waals surface area contributed by atoms with E-state index in [1.54, 1.807) is 0 Å². The largest absolute Gasteiger partial charge is 0.245 e. The highest BCUT2D eigenvalue weighted by Crippen LogP contribution is 2.23. The zero-order valence-electron chi connectivity index (χ0n) is 27.6. The molecule has 0 aliphatic heterocycles. The minimum Gasteiger partial charge on any atom is -0.245 e. The molecule has 230 valence electrons. The van der Waals surface area contributed by atoms with Crippen LogP contribution in [0.4, 0.5) is 0 Å². The molecule has 1 heterocycles. The third-order valence-corrected chi connectivity index (χ3v) is 8.43. The van der Waals surface area contributed by atoms with Gasteiger partial charge in [0, 0.05) is 0 Å². The van der Waals surface area contributed by atoms with Crippen molar-refractivity contribution in [2.24, 2.45) is 0 Å². The first-order chi connectivity index (χ1) is 22.6. The van der Waals surface area contributed by atoms with Crippen LogP contribution in [-0.2, 0) is 25.7 Å². The molecule has 0 saturated heterocycles. The number of benzene rings is 4. The Morgan fingerprint density at radius 2 is 0.543 bits per heavy atom. The molecule has 0 bridgehead atoms. The third-order valence-electron chi connectivity index (χ3n) is 8.43. The van der Waals surface area contributed by atoms with Gasteiger partial charge >= 0.3 is 0 Å². The summed E-state index contributed by atoms with van der Waals surface area (Å²) in [5, 5.41) is 0. The molecule has 5 rings (SSSR count). The number of rotatable bonds is 12. The van der Waals surface area contributed by atoms with Crippen molar-refractivity contribution in [1.82, 2.24) is 9.97 Å². The van der Waals surface area contributed by atoms with E-state index in [-0.39, 0.29) is 0 Å². The second-order valence-corrected chi connectivity index (χ2v) is 11.3. The highest BCUT2D eigenvalue weighted by atomic mass is 14.8. The second-order valence-electron chi connectivity index (χ2n) is 11.3. The Morgan fingerprint density at radius 1 is 0.326 bits per heavy atom. The molecule has 0 unspecified atom stereocenters. The quantitative estimate of drug-likeness (QED) is 0.142. The van der Waals surface area contributed by atoms with Crippen LogP contribution in [0.15, 0.2) is 97.1 Å². The maximum absolute atomic E-state index is 5.28. The summed E-state index contributed by atoms with van der Waals surface area (Å²) in [5.74, 6) is 0. The fraction of sp³-hybridized carbons (Fsp3) is 0.182. The van der Waals surface area contributed by atoms with Crippen molar-refractivity contribution in [1.29, 1.82) is 0 Å². The zero-order valence-corrected chi connectivity index (χ0v) is 27.6. The van der Waals surface area contributed by atoms with Crippen molar-refractivity contribution in [2.45, 2.75) is 53.4 Å². The van der Waals surface area contributed by atoms with E-state index in [4.69, 9.17) is 9.97 Å². The summed E-state index contributed by atoms with van der Waals surface area (Å²) in [6, 6.07) is 34.2. The molecule has 0 N–H and O–H groups in total. The highest BCUT2D eigenvalue weighted by molar-refractivity contribution is 5.82. The number of aryl methyl sites for hydroxylation is 4. The molecule has 0 atom stereocenters. The van der Waals surface area contributed by atoms with E-state index in [0.717, 1.165) is 48.5 Å². The Labute approximate surface area is 275 Å². The van der Waals surface area contributed by atoms with E-state index >= 15 is 0 Å². The molecule has 0 aliphatic rings. The molecule has 0 spiro atoms. The van der Waals surface area contributed by atoms with Crippen molar-refractivity contribution in [3.8, 4) is 0 Å². The smallest absolute Gasteiger partial charge is 0.0894 e. The summed E-state index contributed by atoms with van der Waals surface area (Å²) in [4.78, 5) is 10.6. The van der Waals surface area contributed by atoms with Crippen LogP contribution in [0, 0.1) is 0 Å². The van der Waals surface area contributed by atoms with E-state index in [9.17, 15) is 0 Å². The van der Waals surface area contributed by atoms with E-state index in [1.807, 2.05) is 0 Å². The molecule has 1 aromatic heterocycles. The first-order valence-corrected chi connectivity index (χ1v) is 16.6. The van der Waals surface area contributed by atoms with Gasteiger partial charge in [0.1, 0.15) is 0 Å². The average Bonchev–Trinajstić information content (AvgIpc) is 3.12. The van der Waals surface area contributed by atoms with Gasteiger partial charge in [-0.3, -0.25) is 0 Å². The van der Waals surface area contributed by atoms with E-state index in [0.29, 0.717) is 0 Å². The number of nitrogens with zero attached hydrogens (tertiary/aromatic N) is 2. The topological polar surface area (TPSA) is 25.8 Å². The Hall–Kier alpha value is -5.08. The average molecular weight is 601 g/mol. The molecule has 2 nitrogen and oxygen atoms in total. The van der Waals surface area contributed by atoms with Gasteiger partial charge < -0.3 is 0 Å². The minimum absolute atomic E-state index is 0.839. The van der Waals surface area contributed by atoms with Gasteiger partial charge in [-0.2, -0.15) is 0 Å². The molecular formula is C44H44N2. The number of hydrogen-bond acceptors (Lipinski definition) is 2.